The zero-order valence-electron chi connectivity index (χ0n) is 15.6. The molecule has 1 saturated heterocycles. The van der Waals surface area contributed by atoms with Crippen LogP contribution < -0.4 is 10.2 Å². The van der Waals surface area contributed by atoms with Crippen LogP contribution in [0.25, 0.3) is 11.0 Å². The molecule has 0 radical (unpaired) electrons. The summed E-state index contributed by atoms with van der Waals surface area (Å²) >= 11 is 0. The molecule has 0 saturated carbocycles. The number of carbonyl (C=O) groups is 1. The molecule has 0 aromatic carbocycles. The van der Waals surface area contributed by atoms with Gasteiger partial charge < -0.3 is 19.7 Å². The van der Waals surface area contributed by atoms with Crippen LogP contribution in [-0.4, -0.2) is 53.2 Å². The van der Waals surface area contributed by atoms with Gasteiger partial charge in [-0.15, -0.1) is 0 Å². The second-order valence-corrected chi connectivity index (χ2v) is 7.02. The lowest BCUT2D eigenvalue weighted by Gasteiger charge is -2.42. The summed E-state index contributed by atoms with van der Waals surface area (Å²) in [4.78, 5) is 21.0. The minimum atomic E-state index is -0.0786. The van der Waals surface area contributed by atoms with Crippen molar-refractivity contribution in [3.05, 3.63) is 24.5 Å². The molecule has 7 nitrogen and oxygen atoms in total. The molecule has 1 aliphatic rings. The molecule has 3 heterocycles. The quantitative estimate of drug-likeness (QED) is 0.855. The average molecular weight is 354 g/mol. The Labute approximate surface area is 154 Å². The van der Waals surface area contributed by atoms with E-state index in [0.29, 0.717) is 25.4 Å². The summed E-state index contributed by atoms with van der Waals surface area (Å²) in [7, 11) is 4.09. The fourth-order valence-electron chi connectivity index (χ4n) is 3.71. The van der Waals surface area contributed by atoms with Gasteiger partial charge in [0.15, 0.2) is 0 Å². The van der Waals surface area contributed by atoms with Gasteiger partial charge in [0.2, 0.25) is 0 Å². The maximum atomic E-state index is 12.4. The van der Waals surface area contributed by atoms with Crippen molar-refractivity contribution in [2.75, 3.05) is 31.6 Å². The summed E-state index contributed by atoms with van der Waals surface area (Å²) < 4.78 is 2.02. The molecular formula is C19H26N6O. The number of amides is 2. The SMILES string of the molecule is C[C@@H]1CCN(C(=O)NCCC#N)C[C@@H]1N(C)c1ccnc2c1ccn2C. The molecule has 2 aromatic rings. The number of fused-ring (bicyclic) bond motifs is 1. The van der Waals surface area contributed by atoms with Crippen molar-refractivity contribution < 1.29 is 4.79 Å². The predicted octanol–water partition coefficient (Wildman–Crippen LogP) is 2.34. The van der Waals surface area contributed by atoms with E-state index in [4.69, 9.17) is 5.26 Å². The van der Waals surface area contributed by atoms with Crippen molar-refractivity contribution in [3.8, 4) is 6.07 Å². The van der Waals surface area contributed by atoms with E-state index in [9.17, 15) is 4.79 Å². The Morgan fingerprint density at radius 2 is 2.31 bits per heavy atom. The Hall–Kier alpha value is -2.75. The summed E-state index contributed by atoms with van der Waals surface area (Å²) in [5, 5.41) is 12.6. The third-order valence-corrected chi connectivity index (χ3v) is 5.34. The van der Waals surface area contributed by atoms with Gasteiger partial charge >= 0.3 is 6.03 Å². The molecule has 7 heteroatoms. The molecule has 2 amide bonds. The van der Waals surface area contributed by atoms with Gasteiger partial charge in [-0.2, -0.15) is 5.26 Å². The molecule has 3 rings (SSSR count). The van der Waals surface area contributed by atoms with E-state index in [1.807, 2.05) is 35.0 Å². The van der Waals surface area contributed by atoms with E-state index in [2.05, 4.69) is 41.3 Å². The van der Waals surface area contributed by atoms with Gasteiger partial charge in [0.1, 0.15) is 5.65 Å². The van der Waals surface area contributed by atoms with Crippen LogP contribution in [-0.2, 0) is 7.05 Å². The zero-order valence-corrected chi connectivity index (χ0v) is 15.6. The molecule has 1 aliphatic heterocycles. The van der Waals surface area contributed by atoms with E-state index in [0.717, 1.165) is 29.7 Å². The first kappa shape index (κ1) is 18.1. The van der Waals surface area contributed by atoms with Gasteiger partial charge in [0, 0.05) is 63.2 Å². The molecule has 0 spiro atoms. The molecule has 138 valence electrons. The largest absolute Gasteiger partial charge is 0.369 e. The van der Waals surface area contributed by atoms with E-state index in [1.54, 1.807) is 0 Å². The number of likely N-dealkylation sites (N-methyl/N-ethyl adjacent to an activating group) is 1. The average Bonchev–Trinajstić information content (AvgIpc) is 3.03. The third kappa shape index (κ3) is 3.45. The number of urea groups is 1. The number of nitrogens with one attached hydrogen (secondary N) is 1. The highest BCUT2D eigenvalue weighted by molar-refractivity contribution is 5.90. The van der Waals surface area contributed by atoms with Crippen LogP contribution in [0.1, 0.15) is 19.8 Å². The number of carbonyl (C=O) groups excluding carboxylic acids is 1. The van der Waals surface area contributed by atoms with Gasteiger partial charge in [0.25, 0.3) is 0 Å². The van der Waals surface area contributed by atoms with E-state index < -0.39 is 0 Å². The number of piperidine rings is 1. The van der Waals surface area contributed by atoms with E-state index in [1.165, 1.54) is 0 Å². The number of nitriles is 1. The lowest BCUT2D eigenvalue weighted by Crippen LogP contribution is -2.54. The highest BCUT2D eigenvalue weighted by Gasteiger charge is 2.32. The van der Waals surface area contributed by atoms with Crippen LogP contribution in [0, 0.1) is 17.2 Å². The van der Waals surface area contributed by atoms with Crippen molar-refractivity contribution >= 4 is 22.8 Å². The highest BCUT2D eigenvalue weighted by atomic mass is 16.2. The van der Waals surface area contributed by atoms with Crippen molar-refractivity contribution in [1.29, 1.82) is 5.26 Å². The number of hydrogen-bond acceptors (Lipinski definition) is 4. The minimum Gasteiger partial charge on any atom is -0.369 e. The molecule has 0 unspecified atom stereocenters. The van der Waals surface area contributed by atoms with Gasteiger partial charge in [-0.25, -0.2) is 9.78 Å². The van der Waals surface area contributed by atoms with Crippen LogP contribution in [0.3, 0.4) is 0 Å². The Morgan fingerprint density at radius 1 is 1.50 bits per heavy atom. The first-order chi connectivity index (χ1) is 12.5. The third-order valence-electron chi connectivity index (χ3n) is 5.34. The van der Waals surface area contributed by atoms with Crippen LogP contribution in [0.2, 0.25) is 0 Å². The van der Waals surface area contributed by atoms with E-state index >= 15 is 0 Å². The number of pyridine rings is 1. The Kier molecular flexibility index (Phi) is 5.31. The smallest absolute Gasteiger partial charge is 0.317 e. The number of rotatable bonds is 4. The molecular weight excluding hydrogens is 328 g/mol. The predicted molar refractivity (Wildman–Crippen MR) is 102 cm³/mol. The van der Waals surface area contributed by atoms with Gasteiger partial charge in [-0.1, -0.05) is 6.92 Å². The number of anilines is 1. The first-order valence-electron chi connectivity index (χ1n) is 9.05. The van der Waals surface area contributed by atoms with Crippen LogP contribution >= 0.6 is 0 Å². The maximum absolute atomic E-state index is 12.4. The van der Waals surface area contributed by atoms with Gasteiger partial charge in [0.05, 0.1) is 12.5 Å². The van der Waals surface area contributed by atoms with Crippen molar-refractivity contribution in [2.45, 2.75) is 25.8 Å². The van der Waals surface area contributed by atoms with Crippen molar-refractivity contribution in [1.82, 2.24) is 19.8 Å². The summed E-state index contributed by atoms with van der Waals surface area (Å²) in [6.45, 7) is 4.07. The summed E-state index contributed by atoms with van der Waals surface area (Å²) in [5.74, 6) is 0.482. The van der Waals surface area contributed by atoms with Gasteiger partial charge in [-0.3, -0.25) is 0 Å². The zero-order chi connectivity index (χ0) is 18.7. The molecule has 1 N–H and O–H groups in total. The Morgan fingerprint density at radius 3 is 3.08 bits per heavy atom. The second-order valence-electron chi connectivity index (χ2n) is 7.02. The monoisotopic (exact) mass is 354 g/mol. The molecule has 2 atom stereocenters. The molecule has 2 aromatic heterocycles. The lowest BCUT2D eigenvalue weighted by molar-refractivity contribution is 0.161. The number of hydrogen-bond donors (Lipinski definition) is 1. The summed E-state index contributed by atoms with van der Waals surface area (Å²) in [6, 6.07) is 6.34. The summed E-state index contributed by atoms with van der Waals surface area (Å²) in [6.07, 6.45) is 5.16. The summed E-state index contributed by atoms with van der Waals surface area (Å²) in [5.41, 5.74) is 2.10. The van der Waals surface area contributed by atoms with Crippen LogP contribution in [0.5, 0.6) is 0 Å². The fraction of sp³-hybridized carbons (Fsp3) is 0.526. The Bertz CT molecular complexity index is 823. The second kappa shape index (κ2) is 7.65. The number of nitrogens with zero attached hydrogens (tertiary/aromatic N) is 5. The molecule has 0 aliphatic carbocycles. The van der Waals surface area contributed by atoms with Crippen LogP contribution in [0.15, 0.2) is 24.5 Å². The molecule has 26 heavy (non-hydrogen) atoms. The number of aromatic nitrogens is 2. The highest BCUT2D eigenvalue weighted by Crippen LogP contribution is 2.30. The standard InChI is InChI=1S/C19H26N6O/c1-14-6-12-25(19(26)22-9-4-8-20)13-17(14)24(3)16-5-10-21-18-15(16)7-11-23(18)2/h5,7,10-11,14,17H,4,6,9,12-13H2,1-3H3,(H,22,26)/t14-,17+/m1/s1. The normalized spacial score (nSPS) is 20.0. The molecule has 1 fully saturated rings. The number of likely N-dealkylation sites (tertiary alicyclic amines) is 1. The van der Waals surface area contributed by atoms with Crippen molar-refractivity contribution in [3.63, 3.8) is 0 Å². The number of aryl methyl sites for hydroxylation is 1. The lowest BCUT2D eigenvalue weighted by atomic mass is 9.92. The first-order valence-corrected chi connectivity index (χ1v) is 9.05. The maximum Gasteiger partial charge on any atom is 0.317 e. The molecule has 0 bridgehead atoms. The van der Waals surface area contributed by atoms with Crippen LogP contribution in [0.4, 0.5) is 10.5 Å². The topological polar surface area (TPSA) is 77.2 Å². The minimum absolute atomic E-state index is 0.0786. The van der Waals surface area contributed by atoms with Gasteiger partial charge in [-0.05, 0) is 24.5 Å². The fourth-order valence-corrected chi connectivity index (χ4v) is 3.71. The van der Waals surface area contributed by atoms with Crippen molar-refractivity contribution in [2.24, 2.45) is 13.0 Å². The Balaban J connectivity index is 1.77. The van der Waals surface area contributed by atoms with E-state index in [-0.39, 0.29) is 12.1 Å².